The smallest absolute Gasteiger partial charge is 0.239 e. The van der Waals surface area contributed by atoms with E-state index in [1.165, 1.54) is 0 Å². The Balaban J connectivity index is 1.95. The molecule has 0 bridgehead atoms. The summed E-state index contributed by atoms with van der Waals surface area (Å²) < 4.78 is 24.2. The fourth-order valence-electron chi connectivity index (χ4n) is 2.25. The zero-order chi connectivity index (χ0) is 18.4. The number of rotatable bonds is 6. The van der Waals surface area contributed by atoms with E-state index in [1.54, 1.807) is 50.2 Å². The van der Waals surface area contributed by atoms with Crippen molar-refractivity contribution in [3.8, 4) is 0 Å². The second kappa shape index (κ2) is 7.94. The number of carbonyl (C=O) groups excluding carboxylic acids is 2. The topological polar surface area (TPSA) is 92.3 Å². The van der Waals surface area contributed by atoms with Gasteiger partial charge in [0.05, 0.1) is 0 Å². The highest BCUT2D eigenvalue weighted by atomic mass is 32.2. The molecule has 7 heteroatoms. The van der Waals surface area contributed by atoms with Crippen LogP contribution in [-0.2, 0) is 19.4 Å². The summed E-state index contributed by atoms with van der Waals surface area (Å²) >= 11 is 0. The van der Waals surface area contributed by atoms with Crippen molar-refractivity contribution in [2.75, 3.05) is 22.1 Å². The third-order valence-corrected chi connectivity index (χ3v) is 4.94. The minimum Gasteiger partial charge on any atom is -0.325 e. The Kier molecular flexibility index (Phi) is 5.93. The average Bonchev–Trinajstić information content (AvgIpc) is 2.50. The third kappa shape index (κ3) is 5.72. The maximum absolute atomic E-state index is 12.1. The number of anilines is 2. The van der Waals surface area contributed by atoms with Crippen molar-refractivity contribution in [1.29, 1.82) is 0 Å². The van der Waals surface area contributed by atoms with Crippen molar-refractivity contribution in [3.63, 3.8) is 0 Å². The molecule has 2 aromatic rings. The summed E-state index contributed by atoms with van der Waals surface area (Å²) in [4.78, 5) is 23.9. The molecule has 0 heterocycles. The zero-order valence-electron chi connectivity index (χ0n) is 14.1. The number of carbonyl (C=O) groups is 2. The van der Waals surface area contributed by atoms with E-state index in [0.717, 1.165) is 11.1 Å². The van der Waals surface area contributed by atoms with Crippen LogP contribution in [0, 0.1) is 13.8 Å². The summed E-state index contributed by atoms with van der Waals surface area (Å²) in [6.07, 6.45) is 0. The molecule has 0 aliphatic heterocycles. The Morgan fingerprint density at radius 3 is 1.48 bits per heavy atom. The summed E-state index contributed by atoms with van der Waals surface area (Å²) in [5.41, 5.74) is 2.75. The highest BCUT2D eigenvalue weighted by molar-refractivity contribution is 7.92. The molecular weight excluding hydrogens is 340 g/mol. The molecule has 2 N–H and O–H groups in total. The van der Waals surface area contributed by atoms with E-state index in [9.17, 15) is 18.0 Å². The summed E-state index contributed by atoms with van der Waals surface area (Å²) in [5, 5.41) is 5.10. The first-order chi connectivity index (χ1) is 11.8. The molecule has 0 aromatic heterocycles. The highest BCUT2D eigenvalue weighted by Crippen LogP contribution is 2.14. The standard InChI is InChI=1S/C18H20N2O4S/c1-13-7-3-5-9-15(13)19-17(21)11-25(23,24)12-18(22)20-16-10-6-4-8-14(16)2/h3-10H,11-12H2,1-2H3,(H,19,21)(H,20,22). The van der Waals surface area contributed by atoms with Gasteiger partial charge in [0.2, 0.25) is 11.8 Å². The lowest BCUT2D eigenvalue weighted by Gasteiger charge is -2.10. The van der Waals surface area contributed by atoms with Crippen LogP contribution in [0.4, 0.5) is 11.4 Å². The maximum Gasteiger partial charge on any atom is 0.239 e. The van der Waals surface area contributed by atoms with Crippen molar-refractivity contribution in [1.82, 2.24) is 0 Å². The van der Waals surface area contributed by atoms with Crippen molar-refractivity contribution in [3.05, 3.63) is 59.7 Å². The lowest BCUT2D eigenvalue weighted by Crippen LogP contribution is -2.30. The van der Waals surface area contributed by atoms with Gasteiger partial charge in [-0.05, 0) is 37.1 Å². The number of aryl methyl sites for hydroxylation is 2. The van der Waals surface area contributed by atoms with Crippen LogP contribution in [0.25, 0.3) is 0 Å². The van der Waals surface area contributed by atoms with E-state index >= 15 is 0 Å². The fraction of sp³-hybridized carbons (Fsp3) is 0.222. The molecule has 0 saturated carbocycles. The van der Waals surface area contributed by atoms with Gasteiger partial charge in [0.25, 0.3) is 0 Å². The predicted molar refractivity (Wildman–Crippen MR) is 98.3 cm³/mol. The largest absolute Gasteiger partial charge is 0.325 e. The van der Waals surface area contributed by atoms with Crippen LogP contribution >= 0.6 is 0 Å². The summed E-state index contributed by atoms with van der Waals surface area (Å²) in [5.74, 6) is -2.83. The second-order valence-electron chi connectivity index (χ2n) is 5.76. The van der Waals surface area contributed by atoms with Crippen molar-refractivity contribution >= 4 is 33.0 Å². The molecule has 0 radical (unpaired) electrons. The molecule has 25 heavy (non-hydrogen) atoms. The molecule has 132 valence electrons. The van der Waals surface area contributed by atoms with Gasteiger partial charge in [-0.15, -0.1) is 0 Å². The molecule has 0 saturated heterocycles. The Hall–Kier alpha value is -2.67. The van der Waals surface area contributed by atoms with Gasteiger partial charge in [0.15, 0.2) is 9.84 Å². The zero-order valence-corrected chi connectivity index (χ0v) is 14.9. The third-order valence-electron chi connectivity index (χ3n) is 3.54. The average molecular weight is 360 g/mol. The molecule has 6 nitrogen and oxygen atoms in total. The van der Waals surface area contributed by atoms with Gasteiger partial charge in [-0.3, -0.25) is 9.59 Å². The Labute approximate surface area is 147 Å². The van der Waals surface area contributed by atoms with Crippen LogP contribution in [0.3, 0.4) is 0 Å². The number of sulfone groups is 1. The molecule has 0 atom stereocenters. The Morgan fingerprint density at radius 2 is 1.12 bits per heavy atom. The number of hydrogen-bond acceptors (Lipinski definition) is 4. The first-order valence-electron chi connectivity index (χ1n) is 7.68. The lowest BCUT2D eigenvalue weighted by molar-refractivity contribution is -0.114. The fourth-order valence-corrected chi connectivity index (χ4v) is 3.29. The molecule has 0 aliphatic carbocycles. The van der Waals surface area contributed by atoms with Crippen LogP contribution in [0.1, 0.15) is 11.1 Å². The van der Waals surface area contributed by atoms with Crippen molar-refractivity contribution < 1.29 is 18.0 Å². The monoisotopic (exact) mass is 360 g/mol. The van der Waals surface area contributed by atoms with E-state index in [0.29, 0.717) is 11.4 Å². The number of nitrogens with one attached hydrogen (secondary N) is 2. The number of benzene rings is 2. The molecule has 0 spiro atoms. The van der Waals surface area contributed by atoms with E-state index in [4.69, 9.17) is 0 Å². The Bertz CT molecular complexity index is 824. The van der Waals surface area contributed by atoms with Gasteiger partial charge in [-0.1, -0.05) is 36.4 Å². The van der Waals surface area contributed by atoms with E-state index in [-0.39, 0.29) is 0 Å². The SMILES string of the molecule is Cc1ccccc1NC(=O)CS(=O)(=O)CC(=O)Nc1ccccc1C. The summed E-state index contributed by atoms with van der Waals surface area (Å²) in [6, 6.07) is 14.1. The van der Waals surface area contributed by atoms with Gasteiger partial charge < -0.3 is 10.6 Å². The molecule has 2 rings (SSSR count). The van der Waals surface area contributed by atoms with E-state index in [2.05, 4.69) is 10.6 Å². The number of amides is 2. The van der Waals surface area contributed by atoms with Crippen molar-refractivity contribution in [2.24, 2.45) is 0 Å². The summed E-state index contributed by atoms with van der Waals surface area (Å²) in [6.45, 7) is 3.61. The van der Waals surface area contributed by atoms with Crippen LogP contribution in [0.5, 0.6) is 0 Å². The second-order valence-corrected chi connectivity index (χ2v) is 7.82. The van der Waals surface area contributed by atoms with Gasteiger partial charge in [-0.25, -0.2) is 8.42 Å². The Morgan fingerprint density at radius 1 is 0.760 bits per heavy atom. The quantitative estimate of drug-likeness (QED) is 0.827. The van der Waals surface area contributed by atoms with Crippen molar-refractivity contribution in [2.45, 2.75) is 13.8 Å². The van der Waals surface area contributed by atoms with Crippen LogP contribution in [0.15, 0.2) is 48.5 Å². The first kappa shape index (κ1) is 18.7. The number of hydrogen-bond donors (Lipinski definition) is 2. The molecular formula is C18H20N2O4S. The normalized spacial score (nSPS) is 11.0. The van der Waals surface area contributed by atoms with Gasteiger partial charge in [-0.2, -0.15) is 0 Å². The van der Waals surface area contributed by atoms with Crippen LogP contribution < -0.4 is 10.6 Å². The predicted octanol–water partition coefficient (Wildman–Crippen LogP) is 2.30. The van der Waals surface area contributed by atoms with E-state index < -0.39 is 33.2 Å². The van der Waals surface area contributed by atoms with Gasteiger partial charge in [0.1, 0.15) is 11.5 Å². The molecule has 2 aromatic carbocycles. The van der Waals surface area contributed by atoms with Crippen LogP contribution in [-0.4, -0.2) is 31.7 Å². The minimum atomic E-state index is -3.87. The minimum absolute atomic E-state index is 0.548. The molecule has 0 fully saturated rings. The molecule has 2 amide bonds. The molecule has 0 aliphatic rings. The van der Waals surface area contributed by atoms with Gasteiger partial charge >= 0.3 is 0 Å². The van der Waals surface area contributed by atoms with Gasteiger partial charge in [0, 0.05) is 11.4 Å². The van der Waals surface area contributed by atoms with Crippen LogP contribution in [0.2, 0.25) is 0 Å². The van der Waals surface area contributed by atoms with E-state index in [1.807, 2.05) is 12.1 Å². The maximum atomic E-state index is 12.1. The highest BCUT2D eigenvalue weighted by Gasteiger charge is 2.21. The number of para-hydroxylation sites is 2. The summed E-state index contributed by atoms with van der Waals surface area (Å²) in [7, 11) is -3.87. The lowest BCUT2D eigenvalue weighted by atomic mass is 10.2. The molecule has 0 unspecified atom stereocenters. The first-order valence-corrected chi connectivity index (χ1v) is 9.50.